The van der Waals surface area contributed by atoms with Crippen molar-refractivity contribution >= 4 is 5.91 Å². The van der Waals surface area contributed by atoms with Crippen molar-refractivity contribution in [1.82, 2.24) is 5.32 Å². The van der Waals surface area contributed by atoms with Gasteiger partial charge in [0.1, 0.15) is 5.75 Å². The maximum atomic E-state index is 11.6. The number of carbonyl (C=O) groups is 1. The number of phenols is 1. The summed E-state index contributed by atoms with van der Waals surface area (Å²) in [6.07, 6.45) is 2.72. The van der Waals surface area contributed by atoms with Gasteiger partial charge in [0.2, 0.25) is 5.91 Å². The molecule has 0 radical (unpaired) electrons. The second-order valence-electron chi connectivity index (χ2n) is 3.61. The van der Waals surface area contributed by atoms with Crippen LogP contribution < -0.4 is 5.32 Å². The molecule has 0 saturated heterocycles. The molecule has 1 aromatic rings. The Morgan fingerprint density at radius 1 is 1.44 bits per heavy atom. The molecular weight excluding hydrogens is 202 g/mol. The summed E-state index contributed by atoms with van der Waals surface area (Å²) in [5.74, 6) is 0.116. The Labute approximate surface area is 95.8 Å². The van der Waals surface area contributed by atoms with E-state index in [4.69, 9.17) is 0 Å². The number of carbonyl (C=O) groups excluding carboxylic acids is 1. The number of para-hydroxylation sites is 1. The number of rotatable bonds is 4. The van der Waals surface area contributed by atoms with Crippen LogP contribution in [-0.4, -0.2) is 11.0 Å². The molecule has 0 bridgehead atoms. The standard InChI is InChI=1S/C13H17NO2/c1-3-6-10(2)13(16)14-9-11-7-4-5-8-12(11)15/h4-8,15H,3,9H2,1-2H3,(H,14,16)/b10-6-. The molecule has 0 aliphatic rings. The van der Waals surface area contributed by atoms with E-state index in [9.17, 15) is 9.90 Å². The number of allylic oxidation sites excluding steroid dienone is 1. The molecule has 3 heteroatoms. The normalized spacial score (nSPS) is 11.2. The molecular formula is C13H17NO2. The first-order valence-corrected chi connectivity index (χ1v) is 5.37. The summed E-state index contributed by atoms with van der Waals surface area (Å²) < 4.78 is 0. The first kappa shape index (κ1) is 12.3. The highest BCUT2D eigenvalue weighted by molar-refractivity contribution is 5.92. The molecule has 16 heavy (non-hydrogen) atoms. The van der Waals surface area contributed by atoms with Crippen molar-refractivity contribution in [3.63, 3.8) is 0 Å². The van der Waals surface area contributed by atoms with E-state index in [1.54, 1.807) is 25.1 Å². The van der Waals surface area contributed by atoms with Crippen LogP contribution in [0.3, 0.4) is 0 Å². The molecule has 0 aliphatic heterocycles. The van der Waals surface area contributed by atoms with Gasteiger partial charge in [-0.2, -0.15) is 0 Å². The highest BCUT2D eigenvalue weighted by Gasteiger charge is 2.04. The predicted octanol–water partition coefficient (Wildman–Crippen LogP) is 2.36. The van der Waals surface area contributed by atoms with Crippen LogP contribution in [0.15, 0.2) is 35.9 Å². The van der Waals surface area contributed by atoms with E-state index in [1.165, 1.54) is 0 Å². The molecule has 0 unspecified atom stereocenters. The molecule has 0 aromatic heterocycles. The lowest BCUT2D eigenvalue weighted by Gasteiger charge is -2.06. The highest BCUT2D eigenvalue weighted by Crippen LogP contribution is 2.14. The summed E-state index contributed by atoms with van der Waals surface area (Å²) in [4.78, 5) is 11.6. The lowest BCUT2D eigenvalue weighted by Crippen LogP contribution is -2.23. The summed E-state index contributed by atoms with van der Waals surface area (Å²) >= 11 is 0. The Balaban J connectivity index is 2.56. The largest absolute Gasteiger partial charge is 0.508 e. The van der Waals surface area contributed by atoms with E-state index < -0.39 is 0 Å². The van der Waals surface area contributed by atoms with Gasteiger partial charge in [0.05, 0.1) is 0 Å². The number of phenolic OH excluding ortho intramolecular Hbond substituents is 1. The summed E-state index contributed by atoms with van der Waals surface area (Å²) in [5, 5.41) is 12.3. The summed E-state index contributed by atoms with van der Waals surface area (Å²) in [6.45, 7) is 4.11. The van der Waals surface area contributed by atoms with E-state index in [-0.39, 0.29) is 11.7 Å². The molecule has 2 N–H and O–H groups in total. The third-order valence-corrected chi connectivity index (χ3v) is 2.30. The Hall–Kier alpha value is -1.77. The van der Waals surface area contributed by atoms with Crippen LogP contribution in [0.1, 0.15) is 25.8 Å². The number of hydrogen-bond acceptors (Lipinski definition) is 2. The molecule has 0 aliphatic carbocycles. The van der Waals surface area contributed by atoms with E-state index >= 15 is 0 Å². The van der Waals surface area contributed by atoms with Crippen LogP contribution in [-0.2, 0) is 11.3 Å². The summed E-state index contributed by atoms with van der Waals surface area (Å²) in [7, 11) is 0. The topological polar surface area (TPSA) is 49.3 Å². The van der Waals surface area contributed by atoms with Crippen molar-refractivity contribution in [2.45, 2.75) is 26.8 Å². The Bertz CT molecular complexity index is 397. The van der Waals surface area contributed by atoms with Gasteiger partial charge in [-0.05, 0) is 19.4 Å². The maximum Gasteiger partial charge on any atom is 0.246 e. The zero-order valence-corrected chi connectivity index (χ0v) is 9.66. The van der Waals surface area contributed by atoms with Gasteiger partial charge in [0.25, 0.3) is 0 Å². The molecule has 0 fully saturated rings. The fraction of sp³-hybridized carbons (Fsp3) is 0.308. The van der Waals surface area contributed by atoms with E-state index in [0.717, 1.165) is 12.0 Å². The van der Waals surface area contributed by atoms with Crippen molar-refractivity contribution in [2.24, 2.45) is 0 Å². The molecule has 1 rings (SSSR count). The van der Waals surface area contributed by atoms with E-state index in [1.807, 2.05) is 19.1 Å². The molecule has 0 saturated carbocycles. The van der Waals surface area contributed by atoms with Crippen LogP contribution in [0, 0.1) is 0 Å². The molecule has 1 amide bonds. The SMILES string of the molecule is CC/C=C(/C)C(=O)NCc1ccccc1O. The fourth-order valence-electron chi connectivity index (χ4n) is 1.37. The van der Waals surface area contributed by atoms with Crippen molar-refractivity contribution in [2.75, 3.05) is 0 Å². The lowest BCUT2D eigenvalue weighted by molar-refractivity contribution is -0.117. The van der Waals surface area contributed by atoms with Crippen molar-refractivity contribution < 1.29 is 9.90 Å². The molecule has 0 heterocycles. The summed E-state index contributed by atoms with van der Waals surface area (Å²) in [6, 6.07) is 6.98. The van der Waals surface area contributed by atoms with Gasteiger partial charge >= 0.3 is 0 Å². The minimum Gasteiger partial charge on any atom is -0.508 e. The maximum absolute atomic E-state index is 11.6. The number of aromatic hydroxyl groups is 1. The number of amides is 1. The van der Waals surface area contributed by atoms with Gasteiger partial charge < -0.3 is 10.4 Å². The van der Waals surface area contributed by atoms with E-state index in [0.29, 0.717) is 12.1 Å². The first-order valence-electron chi connectivity index (χ1n) is 5.37. The average Bonchev–Trinajstić information content (AvgIpc) is 2.28. The van der Waals surface area contributed by atoms with Gasteiger partial charge in [0, 0.05) is 17.7 Å². The van der Waals surface area contributed by atoms with Crippen molar-refractivity contribution in [3.05, 3.63) is 41.5 Å². The third kappa shape index (κ3) is 3.42. The van der Waals surface area contributed by atoms with Crippen molar-refractivity contribution in [3.8, 4) is 5.75 Å². The number of benzene rings is 1. The number of hydrogen-bond donors (Lipinski definition) is 2. The molecule has 86 valence electrons. The minimum absolute atomic E-state index is 0.0925. The minimum atomic E-state index is -0.0925. The molecule has 3 nitrogen and oxygen atoms in total. The third-order valence-electron chi connectivity index (χ3n) is 2.30. The highest BCUT2D eigenvalue weighted by atomic mass is 16.3. The van der Waals surface area contributed by atoms with Crippen LogP contribution >= 0.6 is 0 Å². The van der Waals surface area contributed by atoms with Crippen LogP contribution in [0.5, 0.6) is 5.75 Å². The predicted molar refractivity (Wildman–Crippen MR) is 64.0 cm³/mol. The Morgan fingerprint density at radius 3 is 2.75 bits per heavy atom. The van der Waals surface area contributed by atoms with Crippen LogP contribution in [0.4, 0.5) is 0 Å². The Kier molecular flexibility index (Phi) is 4.58. The quantitative estimate of drug-likeness (QED) is 0.764. The average molecular weight is 219 g/mol. The summed E-state index contributed by atoms with van der Waals surface area (Å²) in [5.41, 5.74) is 1.43. The number of nitrogens with one attached hydrogen (secondary N) is 1. The second kappa shape index (κ2) is 5.95. The molecule has 0 atom stereocenters. The van der Waals surface area contributed by atoms with Crippen molar-refractivity contribution in [1.29, 1.82) is 0 Å². The second-order valence-corrected chi connectivity index (χ2v) is 3.61. The molecule has 1 aromatic carbocycles. The Morgan fingerprint density at radius 2 is 2.12 bits per heavy atom. The fourth-order valence-corrected chi connectivity index (χ4v) is 1.37. The smallest absolute Gasteiger partial charge is 0.246 e. The van der Waals surface area contributed by atoms with Gasteiger partial charge in [0.15, 0.2) is 0 Å². The van der Waals surface area contributed by atoms with Gasteiger partial charge in [-0.15, -0.1) is 0 Å². The van der Waals surface area contributed by atoms with Gasteiger partial charge in [-0.25, -0.2) is 0 Å². The van der Waals surface area contributed by atoms with Gasteiger partial charge in [-0.3, -0.25) is 4.79 Å². The zero-order chi connectivity index (χ0) is 12.0. The van der Waals surface area contributed by atoms with Crippen LogP contribution in [0.2, 0.25) is 0 Å². The monoisotopic (exact) mass is 219 g/mol. The lowest BCUT2D eigenvalue weighted by atomic mass is 10.2. The zero-order valence-electron chi connectivity index (χ0n) is 9.66. The first-order chi connectivity index (χ1) is 7.65. The molecule has 0 spiro atoms. The van der Waals surface area contributed by atoms with Gasteiger partial charge in [-0.1, -0.05) is 31.2 Å². The van der Waals surface area contributed by atoms with E-state index in [2.05, 4.69) is 5.32 Å². The van der Waals surface area contributed by atoms with Crippen LogP contribution in [0.25, 0.3) is 0 Å².